The van der Waals surface area contributed by atoms with Crippen molar-refractivity contribution in [2.24, 2.45) is 0 Å². The van der Waals surface area contributed by atoms with Crippen LogP contribution in [0.4, 0.5) is 20.2 Å². The summed E-state index contributed by atoms with van der Waals surface area (Å²) >= 11 is 0. The van der Waals surface area contributed by atoms with Gasteiger partial charge in [0.15, 0.2) is 0 Å². The van der Waals surface area contributed by atoms with E-state index in [1.807, 2.05) is 0 Å². The molecule has 0 aliphatic carbocycles. The number of carboxylic acid groups (broad SMARTS) is 1. The first-order chi connectivity index (χ1) is 8.95. The Morgan fingerprint density at radius 3 is 2.47 bits per heavy atom. The zero-order chi connectivity index (χ0) is 14.0. The van der Waals surface area contributed by atoms with Gasteiger partial charge in [0.25, 0.3) is 0 Å². The second-order valence-corrected chi connectivity index (χ2v) is 4.14. The van der Waals surface area contributed by atoms with Crippen LogP contribution < -0.4 is 5.32 Å². The minimum atomic E-state index is -1.25. The van der Waals surface area contributed by atoms with Crippen molar-refractivity contribution in [3.05, 3.63) is 59.2 Å². The van der Waals surface area contributed by atoms with E-state index in [9.17, 15) is 13.6 Å². The van der Waals surface area contributed by atoms with Gasteiger partial charge in [-0.05, 0) is 48.9 Å². The van der Waals surface area contributed by atoms with Gasteiger partial charge in [-0.25, -0.2) is 13.6 Å². The molecule has 2 aromatic carbocycles. The number of rotatable bonds is 3. The van der Waals surface area contributed by atoms with Gasteiger partial charge in [0.2, 0.25) is 0 Å². The summed E-state index contributed by atoms with van der Waals surface area (Å²) in [5.41, 5.74) is 1.11. The Morgan fingerprint density at radius 2 is 1.84 bits per heavy atom. The molecule has 0 atom stereocenters. The highest BCUT2D eigenvalue weighted by Crippen LogP contribution is 2.23. The standard InChI is InChI=1S/C14H11F2NO2/c1-8-4-10(16)6-11(5-8)17-13-3-2-9(15)7-12(13)14(18)19/h2-7,17H,1H3,(H,18,19). The highest BCUT2D eigenvalue weighted by atomic mass is 19.1. The summed E-state index contributed by atoms with van der Waals surface area (Å²) in [6, 6.07) is 7.62. The lowest BCUT2D eigenvalue weighted by Crippen LogP contribution is -2.03. The van der Waals surface area contributed by atoms with Gasteiger partial charge in [0, 0.05) is 5.69 Å². The minimum Gasteiger partial charge on any atom is -0.478 e. The summed E-state index contributed by atoms with van der Waals surface area (Å²) < 4.78 is 26.3. The topological polar surface area (TPSA) is 49.3 Å². The molecule has 0 spiro atoms. The first kappa shape index (κ1) is 13.0. The number of benzene rings is 2. The molecule has 0 amide bonds. The van der Waals surface area contributed by atoms with Crippen LogP contribution >= 0.6 is 0 Å². The van der Waals surface area contributed by atoms with Crippen molar-refractivity contribution in [1.82, 2.24) is 0 Å². The van der Waals surface area contributed by atoms with Crippen LogP contribution in [0.2, 0.25) is 0 Å². The van der Waals surface area contributed by atoms with Crippen LogP contribution in [0.5, 0.6) is 0 Å². The monoisotopic (exact) mass is 263 g/mol. The third-order valence-corrected chi connectivity index (χ3v) is 2.53. The summed E-state index contributed by atoms with van der Waals surface area (Å²) in [6.45, 7) is 1.72. The van der Waals surface area contributed by atoms with Crippen LogP contribution in [-0.4, -0.2) is 11.1 Å². The Balaban J connectivity index is 2.40. The molecule has 3 nitrogen and oxygen atoms in total. The third kappa shape index (κ3) is 3.07. The Morgan fingerprint density at radius 1 is 1.11 bits per heavy atom. The average Bonchev–Trinajstić information content (AvgIpc) is 2.30. The SMILES string of the molecule is Cc1cc(F)cc(Nc2ccc(F)cc2C(=O)O)c1. The Bertz CT molecular complexity index is 621. The molecule has 0 saturated carbocycles. The van der Waals surface area contributed by atoms with Crippen LogP contribution in [0.1, 0.15) is 15.9 Å². The molecule has 0 fully saturated rings. The molecule has 0 aliphatic rings. The Hall–Kier alpha value is -2.43. The highest BCUT2D eigenvalue weighted by molar-refractivity contribution is 5.95. The Labute approximate surface area is 108 Å². The van der Waals surface area contributed by atoms with E-state index in [1.54, 1.807) is 13.0 Å². The molecule has 0 saturated heterocycles. The quantitative estimate of drug-likeness (QED) is 0.887. The van der Waals surface area contributed by atoms with E-state index in [0.717, 1.165) is 12.1 Å². The van der Waals surface area contributed by atoms with Gasteiger partial charge < -0.3 is 10.4 Å². The lowest BCUT2D eigenvalue weighted by Gasteiger charge is -2.10. The molecule has 0 unspecified atom stereocenters. The van der Waals surface area contributed by atoms with Crippen molar-refractivity contribution < 1.29 is 18.7 Å². The number of carboxylic acids is 1. The van der Waals surface area contributed by atoms with Crippen molar-refractivity contribution in [2.45, 2.75) is 6.92 Å². The minimum absolute atomic E-state index is 0.207. The van der Waals surface area contributed by atoms with Crippen molar-refractivity contribution in [2.75, 3.05) is 5.32 Å². The summed E-state index contributed by atoms with van der Waals surface area (Å²) in [5.74, 6) is -2.32. The number of nitrogens with one attached hydrogen (secondary N) is 1. The largest absolute Gasteiger partial charge is 0.478 e. The fourth-order valence-electron chi connectivity index (χ4n) is 1.77. The number of carbonyl (C=O) groups is 1. The van der Waals surface area contributed by atoms with E-state index in [-0.39, 0.29) is 11.3 Å². The van der Waals surface area contributed by atoms with Gasteiger partial charge >= 0.3 is 5.97 Å². The first-order valence-electron chi connectivity index (χ1n) is 5.53. The number of anilines is 2. The zero-order valence-electron chi connectivity index (χ0n) is 10.1. The van der Waals surface area contributed by atoms with Crippen molar-refractivity contribution in [3.8, 4) is 0 Å². The molecule has 0 radical (unpaired) electrons. The van der Waals surface area contributed by atoms with E-state index < -0.39 is 17.6 Å². The molecule has 2 aromatic rings. The van der Waals surface area contributed by atoms with E-state index >= 15 is 0 Å². The number of aromatic carboxylic acids is 1. The van der Waals surface area contributed by atoms with Crippen LogP contribution in [0, 0.1) is 18.6 Å². The van der Waals surface area contributed by atoms with Gasteiger partial charge in [0.05, 0.1) is 11.3 Å². The fraction of sp³-hybridized carbons (Fsp3) is 0.0714. The Kier molecular flexibility index (Phi) is 3.46. The first-order valence-corrected chi connectivity index (χ1v) is 5.53. The molecule has 98 valence electrons. The number of hydrogen-bond acceptors (Lipinski definition) is 2. The van der Waals surface area contributed by atoms with Crippen LogP contribution in [-0.2, 0) is 0 Å². The molecule has 2 rings (SSSR count). The zero-order valence-corrected chi connectivity index (χ0v) is 10.1. The molecule has 2 N–H and O–H groups in total. The van der Waals surface area contributed by atoms with Gasteiger partial charge in [-0.15, -0.1) is 0 Å². The molecular weight excluding hydrogens is 252 g/mol. The van der Waals surface area contributed by atoms with Crippen LogP contribution in [0.15, 0.2) is 36.4 Å². The smallest absolute Gasteiger partial charge is 0.337 e. The van der Waals surface area contributed by atoms with Crippen molar-refractivity contribution in [1.29, 1.82) is 0 Å². The van der Waals surface area contributed by atoms with Crippen LogP contribution in [0.25, 0.3) is 0 Å². The van der Waals surface area contributed by atoms with E-state index in [4.69, 9.17) is 5.11 Å². The second-order valence-electron chi connectivity index (χ2n) is 4.14. The molecule has 0 aliphatic heterocycles. The molecule has 0 aromatic heterocycles. The van der Waals surface area contributed by atoms with E-state index in [0.29, 0.717) is 11.3 Å². The van der Waals surface area contributed by atoms with Gasteiger partial charge in [-0.2, -0.15) is 0 Å². The summed E-state index contributed by atoms with van der Waals surface area (Å²) in [6.07, 6.45) is 0. The summed E-state index contributed by atoms with van der Waals surface area (Å²) in [7, 11) is 0. The highest BCUT2D eigenvalue weighted by Gasteiger charge is 2.11. The number of hydrogen-bond donors (Lipinski definition) is 2. The maximum absolute atomic E-state index is 13.2. The van der Waals surface area contributed by atoms with Crippen molar-refractivity contribution in [3.63, 3.8) is 0 Å². The lowest BCUT2D eigenvalue weighted by atomic mass is 10.1. The average molecular weight is 263 g/mol. The number of halogens is 2. The number of aryl methyl sites for hydroxylation is 1. The maximum atomic E-state index is 13.2. The third-order valence-electron chi connectivity index (χ3n) is 2.53. The second kappa shape index (κ2) is 5.06. The van der Waals surface area contributed by atoms with Crippen molar-refractivity contribution >= 4 is 17.3 Å². The normalized spacial score (nSPS) is 10.3. The predicted molar refractivity (Wildman–Crippen MR) is 67.8 cm³/mol. The molecule has 0 bridgehead atoms. The summed E-state index contributed by atoms with van der Waals surface area (Å²) in [4.78, 5) is 11.0. The summed E-state index contributed by atoms with van der Waals surface area (Å²) in [5, 5.41) is 11.8. The maximum Gasteiger partial charge on any atom is 0.337 e. The molecule has 19 heavy (non-hydrogen) atoms. The molecular formula is C14H11F2NO2. The predicted octanol–water partition coefficient (Wildman–Crippen LogP) is 3.72. The van der Waals surface area contributed by atoms with Gasteiger partial charge in [-0.1, -0.05) is 0 Å². The lowest BCUT2D eigenvalue weighted by molar-refractivity contribution is 0.0697. The van der Waals surface area contributed by atoms with E-state index in [2.05, 4.69) is 5.32 Å². The van der Waals surface area contributed by atoms with Gasteiger partial charge in [-0.3, -0.25) is 0 Å². The van der Waals surface area contributed by atoms with Crippen LogP contribution in [0.3, 0.4) is 0 Å². The molecule has 5 heteroatoms. The van der Waals surface area contributed by atoms with Gasteiger partial charge in [0.1, 0.15) is 11.6 Å². The molecule has 0 heterocycles. The van der Waals surface area contributed by atoms with E-state index in [1.165, 1.54) is 18.2 Å². The fourth-order valence-corrected chi connectivity index (χ4v) is 1.77.